The predicted octanol–water partition coefficient (Wildman–Crippen LogP) is 4.06. The second kappa shape index (κ2) is 9.09. The average molecular weight is 307 g/mol. The standard InChI is InChI=1S/C17H25NO2S/c1-3-9-17(20,10-4-2)13-21-15-7-5-6-14(12-15)16(19)8-11-18/h5-7,12,16,19-20H,3-4,8-10,13H2,1-2H3. The van der Waals surface area contributed by atoms with Crippen LogP contribution in [0.5, 0.6) is 0 Å². The fraction of sp³-hybridized carbons (Fsp3) is 0.588. The van der Waals surface area contributed by atoms with Gasteiger partial charge in [-0.15, -0.1) is 11.8 Å². The molecule has 0 aliphatic heterocycles. The van der Waals surface area contributed by atoms with E-state index in [0.29, 0.717) is 5.75 Å². The summed E-state index contributed by atoms with van der Waals surface area (Å²) in [4.78, 5) is 1.02. The van der Waals surface area contributed by atoms with Gasteiger partial charge in [0.1, 0.15) is 0 Å². The van der Waals surface area contributed by atoms with Gasteiger partial charge in [-0.3, -0.25) is 0 Å². The van der Waals surface area contributed by atoms with Crippen molar-refractivity contribution in [2.24, 2.45) is 0 Å². The molecule has 0 aromatic heterocycles. The number of aliphatic hydroxyl groups excluding tert-OH is 1. The minimum Gasteiger partial charge on any atom is -0.389 e. The highest BCUT2D eigenvalue weighted by Crippen LogP contribution is 2.30. The summed E-state index contributed by atoms with van der Waals surface area (Å²) in [5.74, 6) is 0.659. The Bertz CT molecular complexity index is 464. The SMILES string of the molecule is CCCC(O)(CCC)CSc1cccc(C(O)CC#N)c1. The number of aliphatic hydroxyl groups is 2. The molecular formula is C17H25NO2S. The second-order valence-corrected chi connectivity index (χ2v) is 6.51. The molecule has 0 aliphatic carbocycles. The van der Waals surface area contributed by atoms with Crippen molar-refractivity contribution in [3.63, 3.8) is 0 Å². The molecule has 3 nitrogen and oxygen atoms in total. The Morgan fingerprint density at radius 2 is 1.95 bits per heavy atom. The second-order valence-electron chi connectivity index (χ2n) is 5.46. The molecule has 1 unspecified atom stereocenters. The van der Waals surface area contributed by atoms with Gasteiger partial charge in [-0.05, 0) is 30.5 Å². The van der Waals surface area contributed by atoms with Crippen LogP contribution in [0.25, 0.3) is 0 Å². The molecule has 1 atom stereocenters. The van der Waals surface area contributed by atoms with E-state index >= 15 is 0 Å². The number of thioether (sulfide) groups is 1. The van der Waals surface area contributed by atoms with Crippen molar-refractivity contribution in [2.75, 3.05) is 5.75 Å². The van der Waals surface area contributed by atoms with Gasteiger partial charge in [0.15, 0.2) is 0 Å². The number of rotatable bonds is 9. The number of nitrogens with zero attached hydrogens (tertiary/aromatic N) is 1. The molecule has 0 spiro atoms. The maximum atomic E-state index is 10.6. The van der Waals surface area contributed by atoms with Gasteiger partial charge in [0.2, 0.25) is 0 Å². The molecule has 0 fully saturated rings. The predicted molar refractivity (Wildman–Crippen MR) is 87.1 cm³/mol. The smallest absolute Gasteiger partial charge is 0.0920 e. The van der Waals surface area contributed by atoms with Gasteiger partial charge in [-0.25, -0.2) is 0 Å². The van der Waals surface area contributed by atoms with E-state index in [1.54, 1.807) is 11.8 Å². The zero-order chi connectivity index (χ0) is 15.7. The van der Waals surface area contributed by atoms with Crippen molar-refractivity contribution < 1.29 is 10.2 Å². The highest BCUT2D eigenvalue weighted by atomic mass is 32.2. The lowest BCUT2D eigenvalue weighted by Gasteiger charge is -2.27. The Morgan fingerprint density at radius 1 is 1.29 bits per heavy atom. The van der Waals surface area contributed by atoms with Crippen molar-refractivity contribution >= 4 is 11.8 Å². The number of benzene rings is 1. The van der Waals surface area contributed by atoms with E-state index < -0.39 is 11.7 Å². The lowest BCUT2D eigenvalue weighted by molar-refractivity contribution is 0.0455. The fourth-order valence-corrected chi connectivity index (χ4v) is 3.55. The normalized spacial score (nSPS) is 12.9. The summed E-state index contributed by atoms with van der Waals surface area (Å²) in [5.41, 5.74) is 0.145. The Kier molecular flexibility index (Phi) is 7.81. The Balaban J connectivity index is 2.70. The topological polar surface area (TPSA) is 64.2 Å². The third kappa shape index (κ3) is 6.09. The van der Waals surface area contributed by atoms with Crippen LogP contribution in [0.3, 0.4) is 0 Å². The van der Waals surface area contributed by atoms with E-state index in [0.717, 1.165) is 36.1 Å². The molecule has 0 saturated heterocycles. The van der Waals surface area contributed by atoms with E-state index in [-0.39, 0.29) is 6.42 Å². The first-order valence-corrected chi connectivity index (χ1v) is 8.53. The van der Waals surface area contributed by atoms with Crippen LogP contribution in [0.1, 0.15) is 57.6 Å². The zero-order valence-electron chi connectivity index (χ0n) is 12.9. The van der Waals surface area contributed by atoms with E-state index in [9.17, 15) is 10.2 Å². The molecule has 0 heterocycles. The van der Waals surface area contributed by atoms with Crippen molar-refractivity contribution in [3.8, 4) is 6.07 Å². The summed E-state index contributed by atoms with van der Waals surface area (Å²) < 4.78 is 0. The summed E-state index contributed by atoms with van der Waals surface area (Å²) in [6, 6.07) is 9.58. The maximum absolute atomic E-state index is 10.6. The maximum Gasteiger partial charge on any atom is 0.0920 e. The molecule has 1 aromatic carbocycles. The van der Waals surface area contributed by atoms with Crippen LogP contribution in [0.15, 0.2) is 29.2 Å². The summed E-state index contributed by atoms with van der Waals surface area (Å²) in [6.07, 6.45) is 2.93. The van der Waals surface area contributed by atoms with Gasteiger partial charge < -0.3 is 10.2 Å². The molecule has 0 bridgehead atoms. The van der Waals surface area contributed by atoms with Gasteiger partial charge in [0.25, 0.3) is 0 Å². The molecule has 21 heavy (non-hydrogen) atoms. The molecular weight excluding hydrogens is 282 g/mol. The van der Waals surface area contributed by atoms with Gasteiger partial charge in [0, 0.05) is 10.6 Å². The summed E-state index contributed by atoms with van der Waals surface area (Å²) >= 11 is 1.61. The molecule has 4 heteroatoms. The molecule has 2 N–H and O–H groups in total. The van der Waals surface area contributed by atoms with Crippen LogP contribution < -0.4 is 0 Å². The lowest BCUT2D eigenvalue weighted by atomic mass is 9.95. The summed E-state index contributed by atoms with van der Waals surface area (Å²) in [6.45, 7) is 4.17. The minimum atomic E-state index is -0.735. The average Bonchev–Trinajstić information content (AvgIpc) is 2.46. The van der Waals surface area contributed by atoms with Crippen molar-refractivity contribution in [1.82, 2.24) is 0 Å². The van der Waals surface area contributed by atoms with E-state index in [1.165, 1.54) is 0 Å². The minimum absolute atomic E-state index is 0.101. The summed E-state index contributed by atoms with van der Waals surface area (Å²) in [5, 5.41) is 29.1. The highest BCUT2D eigenvalue weighted by molar-refractivity contribution is 7.99. The fourth-order valence-electron chi connectivity index (χ4n) is 2.43. The van der Waals surface area contributed by atoms with Gasteiger partial charge in [0.05, 0.1) is 24.2 Å². The molecule has 1 rings (SSSR count). The first-order chi connectivity index (χ1) is 10.0. The Morgan fingerprint density at radius 3 is 2.52 bits per heavy atom. The number of hydrogen-bond acceptors (Lipinski definition) is 4. The quantitative estimate of drug-likeness (QED) is 0.675. The van der Waals surface area contributed by atoms with E-state index in [1.807, 2.05) is 30.3 Å². The van der Waals surface area contributed by atoms with Gasteiger partial charge in [-0.2, -0.15) is 5.26 Å². The van der Waals surface area contributed by atoms with Crippen LogP contribution in [-0.2, 0) is 0 Å². The lowest BCUT2D eigenvalue weighted by Crippen LogP contribution is -2.31. The van der Waals surface area contributed by atoms with E-state index in [2.05, 4.69) is 13.8 Å². The van der Waals surface area contributed by atoms with Crippen LogP contribution in [0, 0.1) is 11.3 Å². The Hall–Kier alpha value is -1.02. The first-order valence-electron chi connectivity index (χ1n) is 7.54. The van der Waals surface area contributed by atoms with Gasteiger partial charge in [-0.1, -0.05) is 38.8 Å². The van der Waals surface area contributed by atoms with Crippen LogP contribution in [0.4, 0.5) is 0 Å². The third-order valence-corrected chi connectivity index (χ3v) is 4.73. The van der Waals surface area contributed by atoms with Crippen LogP contribution in [-0.4, -0.2) is 21.6 Å². The van der Waals surface area contributed by atoms with Crippen LogP contribution in [0.2, 0.25) is 0 Å². The molecule has 1 aromatic rings. The third-order valence-electron chi connectivity index (χ3n) is 3.47. The summed E-state index contributed by atoms with van der Waals surface area (Å²) in [7, 11) is 0. The van der Waals surface area contributed by atoms with Crippen molar-refractivity contribution in [2.45, 2.75) is 62.6 Å². The van der Waals surface area contributed by atoms with Crippen LogP contribution >= 0.6 is 11.8 Å². The molecule has 0 aliphatic rings. The van der Waals surface area contributed by atoms with E-state index in [4.69, 9.17) is 5.26 Å². The molecule has 0 radical (unpaired) electrons. The monoisotopic (exact) mass is 307 g/mol. The zero-order valence-corrected chi connectivity index (χ0v) is 13.7. The van der Waals surface area contributed by atoms with Gasteiger partial charge >= 0.3 is 0 Å². The molecule has 0 saturated carbocycles. The Labute approximate surface area is 132 Å². The molecule has 116 valence electrons. The van der Waals surface area contributed by atoms with Crippen molar-refractivity contribution in [3.05, 3.63) is 29.8 Å². The molecule has 0 amide bonds. The van der Waals surface area contributed by atoms with Crippen molar-refractivity contribution in [1.29, 1.82) is 5.26 Å². The number of hydrogen-bond donors (Lipinski definition) is 2. The number of nitriles is 1. The largest absolute Gasteiger partial charge is 0.389 e. The highest BCUT2D eigenvalue weighted by Gasteiger charge is 2.25. The first kappa shape index (κ1) is 18.0.